The number of aromatic amines is 1. The van der Waals surface area contributed by atoms with E-state index in [1.54, 1.807) is 0 Å². The molecule has 0 spiro atoms. The van der Waals surface area contributed by atoms with Crippen molar-refractivity contribution >= 4 is 17.5 Å². The van der Waals surface area contributed by atoms with Crippen molar-refractivity contribution in [3.63, 3.8) is 0 Å². The molecule has 1 aliphatic carbocycles. The summed E-state index contributed by atoms with van der Waals surface area (Å²) in [6, 6.07) is 0.280. The minimum atomic E-state index is -0.141. The number of carbonyl (C=O) groups excluding carboxylic acids is 1. The fraction of sp³-hybridized carbons (Fsp3) is 0.667. The number of H-pyrrole nitrogens is 1. The molecule has 17 heavy (non-hydrogen) atoms. The van der Waals surface area contributed by atoms with E-state index in [0.29, 0.717) is 10.7 Å². The summed E-state index contributed by atoms with van der Waals surface area (Å²) in [5, 5.41) is 9.80. The van der Waals surface area contributed by atoms with Crippen LogP contribution in [0.25, 0.3) is 0 Å². The molecule has 0 unspecified atom stereocenters. The normalized spacial score (nSPS) is 18.4. The molecule has 4 nitrogen and oxygen atoms in total. The van der Waals surface area contributed by atoms with Crippen molar-refractivity contribution < 1.29 is 4.79 Å². The molecule has 0 aliphatic heterocycles. The van der Waals surface area contributed by atoms with Gasteiger partial charge >= 0.3 is 0 Å². The Hall–Kier alpha value is -1.03. The summed E-state index contributed by atoms with van der Waals surface area (Å²) < 4.78 is 0. The highest BCUT2D eigenvalue weighted by Crippen LogP contribution is 2.18. The van der Waals surface area contributed by atoms with E-state index >= 15 is 0 Å². The molecule has 0 radical (unpaired) electrons. The molecular weight excluding hydrogens is 238 g/mol. The summed E-state index contributed by atoms with van der Waals surface area (Å²) in [5.74, 6) is -0.141. The summed E-state index contributed by atoms with van der Waals surface area (Å²) >= 11 is 5.86. The van der Waals surface area contributed by atoms with Crippen LogP contribution in [0, 0.1) is 0 Å². The molecule has 2 rings (SSSR count). The predicted molar refractivity (Wildman–Crippen MR) is 67.2 cm³/mol. The number of aromatic nitrogens is 2. The summed E-state index contributed by atoms with van der Waals surface area (Å²) in [5.41, 5.74) is 0.369. The fourth-order valence-corrected chi connectivity index (χ4v) is 2.47. The average Bonchev–Trinajstić information content (AvgIpc) is 2.68. The minimum absolute atomic E-state index is 0.141. The Labute approximate surface area is 106 Å². The number of hydrogen-bond donors (Lipinski definition) is 2. The average molecular weight is 256 g/mol. The van der Waals surface area contributed by atoms with Crippen LogP contribution < -0.4 is 5.32 Å². The summed E-state index contributed by atoms with van der Waals surface area (Å²) in [7, 11) is 0. The van der Waals surface area contributed by atoms with Gasteiger partial charge in [-0.25, -0.2) is 0 Å². The molecule has 1 aliphatic rings. The molecular formula is C12H18ClN3O. The highest BCUT2D eigenvalue weighted by Gasteiger charge is 2.17. The van der Waals surface area contributed by atoms with Gasteiger partial charge in [-0.1, -0.05) is 43.7 Å². The van der Waals surface area contributed by atoms with Gasteiger partial charge in [-0.3, -0.25) is 9.89 Å². The van der Waals surface area contributed by atoms with Gasteiger partial charge in [-0.15, -0.1) is 0 Å². The first kappa shape index (κ1) is 12.4. The quantitative estimate of drug-likeness (QED) is 0.854. The molecule has 2 N–H and O–H groups in total. The smallest absolute Gasteiger partial charge is 0.271 e. The second-order valence-electron chi connectivity index (χ2n) is 4.61. The second kappa shape index (κ2) is 6.05. The number of rotatable bonds is 2. The van der Waals surface area contributed by atoms with Gasteiger partial charge in [-0.05, 0) is 12.8 Å². The van der Waals surface area contributed by atoms with Crippen LogP contribution in [0.3, 0.4) is 0 Å². The van der Waals surface area contributed by atoms with E-state index in [1.165, 1.54) is 38.3 Å². The first-order valence-electron chi connectivity index (χ1n) is 6.27. The van der Waals surface area contributed by atoms with Crippen molar-refractivity contribution in [3.05, 3.63) is 16.9 Å². The van der Waals surface area contributed by atoms with E-state index < -0.39 is 0 Å². The van der Waals surface area contributed by atoms with Crippen LogP contribution in [0.4, 0.5) is 0 Å². The maximum absolute atomic E-state index is 11.9. The molecule has 1 fully saturated rings. The van der Waals surface area contributed by atoms with Crippen LogP contribution in [0.1, 0.15) is 55.4 Å². The molecule has 94 valence electrons. The molecule has 1 aromatic heterocycles. The lowest BCUT2D eigenvalue weighted by Crippen LogP contribution is -2.35. The van der Waals surface area contributed by atoms with Crippen LogP contribution in [-0.4, -0.2) is 22.1 Å². The minimum Gasteiger partial charge on any atom is -0.348 e. The molecule has 1 amide bonds. The maximum Gasteiger partial charge on any atom is 0.271 e. The Balaban J connectivity index is 1.91. The first-order chi connectivity index (χ1) is 8.27. The van der Waals surface area contributed by atoms with Gasteiger partial charge < -0.3 is 5.32 Å². The molecule has 0 atom stereocenters. The zero-order valence-electron chi connectivity index (χ0n) is 9.84. The van der Waals surface area contributed by atoms with Gasteiger partial charge in [0.15, 0.2) is 0 Å². The maximum atomic E-state index is 11.9. The van der Waals surface area contributed by atoms with Crippen LogP contribution in [0.2, 0.25) is 5.02 Å². The van der Waals surface area contributed by atoms with Gasteiger partial charge in [-0.2, -0.15) is 5.10 Å². The number of nitrogens with zero attached hydrogens (tertiary/aromatic N) is 1. The highest BCUT2D eigenvalue weighted by molar-refractivity contribution is 6.33. The number of carbonyl (C=O) groups is 1. The summed E-state index contributed by atoms with van der Waals surface area (Å²) in [6.07, 6.45) is 9.86. The third kappa shape index (κ3) is 3.46. The third-order valence-corrected chi connectivity index (χ3v) is 3.55. The van der Waals surface area contributed by atoms with E-state index in [0.717, 1.165) is 12.8 Å². The van der Waals surface area contributed by atoms with E-state index in [2.05, 4.69) is 15.5 Å². The molecule has 1 heterocycles. The topological polar surface area (TPSA) is 57.8 Å². The van der Waals surface area contributed by atoms with E-state index in [1.807, 2.05) is 0 Å². The number of halogens is 1. The van der Waals surface area contributed by atoms with Crippen molar-refractivity contribution in [2.24, 2.45) is 0 Å². The van der Waals surface area contributed by atoms with Crippen LogP contribution in [-0.2, 0) is 0 Å². The molecule has 1 aromatic rings. The third-order valence-electron chi connectivity index (χ3n) is 3.26. The monoisotopic (exact) mass is 255 g/mol. The van der Waals surface area contributed by atoms with Crippen molar-refractivity contribution in [1.29, 1.82) is 0 Å². The Morgan fingerprint density at radius 1 is 1.29 bits per heavy atom. The van der Waals surface area contributed by atoms with Crippen molar-refractivity contribution in [3.8, 4) is 0 Å². The Morgan fingerprint density at radius 3 is 2.53 bits per heavy atom. The highest BCUT2D eigenvalue weighted by atomic mass is 35.5. The Kier molecular flexibility index (Phi) is 4.42. The lowest BCUT2D eigenvalue weighted by Gasteiger charge is -2.20. The second-order valence-corrected chi connectivity index (χ2v) is 5.02. The zero-order valence-corrected chi connectivity index (χ0v) is 10.6. The number of amides is 1. The van der Waals surface area contributed by atoms with Crippen LogP contribution >= 0.6 is 11.6 Å². The molecule has 5 heteroatoms. The van der Waals surface area contributed by atoms with Gasteiger partial charge in [0.2, 0.25) is 0 Å². The van der Waals surface area contributed by atoms with Crippen molar-refractivity contribution in [1.82, 2.24) is 15.5 Å². The van der Waals surface area contributed by atoms with Gasteiger partial charge in [0.25, 0.3) is 5.91 Å². The van der Waals surface area contributed by atoms with E-state index in [4.69, 9.17) is 11.6 Å². The lowest BCUT2D eigenvalue weighted by molar-refractivity contribution is 0.0925. The van der Waals surface area contributed by atoms with Crippen LogP contribution in [0.5, 0.6) is 0 Å². The standard InChI is InChI=1S/C12H18ClN3O/c13-10-8-14-16-11(10)12(17)15-9-6-4-2-1-3-5-7-9/h8-9H,1-7H2,(H,14,16)(H,15,17). The Morgan fingerprint density at radius 2 is 1.94 bits per heavy atom. The van der Waals surface area contributed by atoms with Gasteiger partial charge in [0.1, 0.15) is 5.69 Å². The van der Waals surface area contributed by atoms with Crippen molar-refractivity contribution in [2.45, 2.75) is 51.0 Å². The van der Waals surface area contributed by atoms with E-state index in [-0.39, 0.29) is 11.9 Å². The van der Waals surface area contributed by atoms with Crippen molar-refractivity contribution in [2.75, 3.05) is 0 Å². The van der Waals surface area contributed by atoms with Gasteiger partial charge in [0, 0.05) is 6.04 Å². The fourth-order valence-electron chi connectivity index (χ4n) is 2.29. The SMILES string of the molecule is O=C(NC1CCCCCCC1)c1[nH]ncc1Cl. The number of hydrogen-bond acceptors (Lipinski definition) is 2. The summed E-state index contributed by atoms with van der Waals surface area (Å²) in [6.45, 7) is 0. The van der Waals surface area contributed by atoms with Crippen LogP contribution in [0.15, 0.2) is 6.20 Å². The molecule has 0 saturated heterocycles. The summed E-state index contributed by atoms with van der Waals surface area (Å²) in [4.78, 5) is 11.9. The zero-order chi connectivity index (χ0) is 12.1. The molecule has 1 saturated carbocycles. The first-order valence-corrected chi connectivity index (χ1v) is 6.65. The molecule has 0 bridgehead atoms. The number of nitrogens with one attached hydrogen (secondary N) is 2. The molecule has 0 aromatic carbocycles. The van der Waals surface area contributed by atoms with Gasteiger partial charge in [0.05, 0.1) is 11.2 Å². The van der Waals surface area contributed by atoms with E-state index in [9.17, 15) is 4.79 Å². The predicted octanol–water partition coefficient (Wildman–Crippen LogP) is 2.91. The largest absolute Gasteiger partial charge is 0.348 e. The Bertz CT molecular complexity index is 370. The lowest BCUT2D eigenvalue weighted by atomic mass is 9.96.